The fourth-order valence-electron chi connectivity index (χ4n) is 1.33. The maximum absolute atomic E-state index is 11.4. The average Bonchev–Trinajstić information content (AvgIpc) is 2.47. The van der Waals surface area contributed by atoms with E-state index in [1.165, 1.54) is 11.3 Å². The molecule has 0 saturated carbocycles. The number of carbonyl (C=O) groups is 1. The summed E-state index contributed by atoms with van der Waals surface area (Å²) >= 11 is 7.76. The summed E-state index contributed by atoms with van der Waals surface area (Å²) < 4.78 is 1.33. The van der Waals surface area contributed by atoms with Crippen LogP contribution >= 0.6 is 43.2 Å². The van der Waals surface area contributed by atoms with Crippen molar-refractivity contribution in [3.8, 4) is 0 Å². The lowest BCUT2D eigenvalue weighted by Gasteiger charge is -2.05. The zero-order valence-corrected chi connectivity index (χ0v) is 10.1. The van der Waals surface area contributed by atoms with Crippen LogP contribution in [-0.2, 0) is 0 Å². The minimum atomic E-state index is -1.31. The molecule has 0 radical (unpaired) electrons. The number of hydrogen-bond donors (Lipinski definition) is 2. The molecule has 2 atom stereocenters. The highest BCUT2D eigenvalue weighted by Crippen LogP contribution is 2.46. The first kappa shape index (κ1) is 9.79. The van der Waals surface area contributed by atoms with Gasteiger partial charge in [-0.1, -0.05) is 0 Å². The highest BCUT2D eigenvalue weighted by Gasteiger charge is 2.42. The number of aliphatic hydroxyl groups is 2. The number of halogens is 2. The summed E-state index contributed by atoms with van der Waals surface area (Å²) in [6.45, 7) is 0. The third-order valence-electron chi connectivity index (χ3n) is 1.97. The summed E-state index contributed by atoms with van der Waals surface area (Å²) in [5.41, 5.74) is 0.895. The largest absolute Gasteiger partial charge is 0.385 e. The molecule has 6 heteroatoms. The van der Waals surface area contributed by atoms with Crippen LogP contribution in [0.15, 0.2) is 7.57 Å². The van der Waals surface area contributed by atoms with Crippen molar-refractivity contribution in [1.29, 1.82) is 0 Å². The minimum absolute atomic E-state index is 0.400. The molecule has 0 saturated heterocycles. The molecule has 1 aliphatic carbocycles. The lowest BCUT2D eigenvalue weighted by atomic mass is 10.2. The molecular formula is C7H4Br2O3S. The molecule has 1 aromatic heterocycles. The Bertz CT molecular complexity index is 387. The van der Waals surface area contributed by atoms with Crippen LogP contribution in [0.4, 0.5) is 0 Å². The Labute approximate surface area is 94.6 Å². The van der Waals surface area contributed by atoms with Gasteiger partial charge in [-0.25, -0.2) is 0 Å². The van der Waals surface area contributed by atoms with Crippen molar-refractivity contribution >= 4 is 49.0 Å². The fourth-order valence-corrected chi connectivity index (χ4v) is 4.60. The van der Waals surface area contributed by atoms with Crippen LogP contribution in [0.25, 0.3) is 0 Å². The van der Waals surface area contributed by atoms with Gasteiger partial charge in [0.1, 0.15) is 12.2 Å². The predicted molar refractivity (Wildman–Crippen MR) is 55.0 cm³/mol. The van der Waals surface area contributed by atoms with E-state index < -0.39 is 18.0 Å². The van der Waals surface area contributed by atoms with E-state index in [0.29, 0.717) is 18.7 Å². The van der Waals surface area contributed by atoms with Crippen molar-refractivity contribution in [3.63, 3.8) is 0 Å². The Morgan fingerprint density at radius 2 is 1.77 bits per heavy atom. The molecule has 0 unspecified atom stereocenters. The van der Waals surface area contributed by atoms with E-state index in [1.54, 1.807) is 0 Å². The van der Waals surface area contributed by atoms with E-state index in [-0.39, 0.29) is 0 Å². The van der Waals surface area contributed by atoms with Crippen molar-refractivity contribution < 1.29 is 15.0 Å². The maximum Gasteiger partial charge on any atom is 0.196 e. The maximum atomic E-state index is 11.4. The highest BCUT2D eigenvalue weighted by molar-refractivity contribution is 9.12. The highest BCUT2D eigenvalue weighted by atomic mass is 79.9. The van der Waals surface area contributed by atoms with Gasteiger partial charge in [-0.05, 0) is 31.9 Å². The molecule has 2 N–H and O–H groups in total. The Kier molecular flexibility index (Phi) is 2.36. The lowest BCUT2D eigenvalue weighted by molar-refractivity contribution is 0.0295. The van der Waals surface area contributed by atoms with Crippen LogP contribution < -0.4 is 0 Å². The predicted octanol–water partition coefficient (Wildman–Crippen LogP) is 1.86. The molecule has 1 heterocycles. The standard InChI is InChI=1S/C7H4Br2O3S/c8-6-1-2(7(9)13-6)4(11)5(12)3(1)10/h3,5,10,12H/t3-,5-/m1/s1. The van der Waals surface area contributed by atoms with Gasteiger partial charge in [0.2, 0.25) is 0 Å². The van der Waals surface area contributed by atoms with Crippen LogP contribution in [-0.4, -0.2) is 22.1 Å². The Hall–Kier alpha value is 0.250. The molecule has 1 aromatic rings. The van der Waals surface area contributed by atoms with Gasteiger partial charge in [-0.15, -0.1) is 11.3 Å². The SMILES string of the molecule is O=C1c2c(Br)sc(Br)c2[C@@H](O)[C@H]1O. The molecule has 13 heavy (non-hydrogen) atoms. The van der Waals surface area contributed by atoms with Crippen molar-refractivity contribution in [2.24, 2.45) is 0 Å². The van der Waals surface area contributed by atoms with Gasteiger partial charge in [0.25, 0.3) is 0 Å². The van der Waals surface area contributed by atoms with Crippen LogP contribution in [0, 0.1) is 0 Å². The topological polar surface area (TPSA) is 57.5 Å². The quantitative estimate of drug-likeness (QED) is 0.764. The molecule has 0 spiro atoms. The number of aliphatic hydroxyl groups excluding tert-OH is 2. The summed E-state index contributed by atoms with van der Waals surface area (Å²) in [6, 6.07) is 0. The normalized spacial score (nSPS) is 26.6. The number of fused-ring (bicyclic) bond motifs is 1. The first-order valence-corrected chi connectivity index (χ1v) is 5.82. The Balaban J connectivity index is 2.68. The third kappa shape index (κ3) is 1.24. The third-order valence-corrected chi connectivity index (χ3v) is 4.54. The molecule has 0 amide bonds. The van der Waals surface area contributed by atoms with Gasteiger partial charge in [0.15, 0.2) is 5.78 Å². The number of Topliss-reactive ketones (excluding diaryl/α,β-unsaturated/α-hetero) is 1. The van der Waals surface area contributed by atoms with Gasteiger partial charge in [0.05, 0.1) is 13.1 Å². The summed E-state index contributed by atoms with van der Waals surface area (Å²) in [7, 11) is 0. The number of hydrogen-bond acceptors (Lipinski definition) is 4. The minimum Gasteiger partial charge on any atom is -0.385 e. The lowest BCUT2D eigenvalue weighted by Crippen LogP contribution is -2.19. The summed E-state index contributed by atoms with van der Waals surface area (Å²) in [5.74, 6) is -0.420. The number of thiophene rings is 1. The number of rotatable bonds is 0. The molecule has 3 nitrogen and oxygen atoms in total. The van der Waals surface area contributed by atoms with Gasteiger partial charge >= 0.3 is 0 Å². The summed E-state index contributed by atoms with van der Waals surface area (Å²) in [5, 5.41) is 18.8. The molecule has 0 aromatic carbocycles. The van der Waals surface area contributed by atoms with E-state index in [9.17, 15) is 15.0 Å². The Morgan fingerprint density at radius 1 is 1.15 bits per heavy atom. The van der Waals surface area contributed by atoms with E-state index in [1.807, 2.05) is 0 Å². The number of ketones is 1. The van der Waals surface area contributed by atoms with Crippen molar-refractivity contribution in [2.45, 2.75) is 12.2 Å². The molecule has 70 valence electrons. The first-order valence-electron chi connectivity index (χ1n) is 3.42. The molecule has 0 fully saturated rings. The van der Waals surface area contributed by atoms with E-state index in [2.05, 4.69) is 31.9 Å². The van der Waals surface area contributed by atoms with Crippen LogP contribution in [0.1, 0.15) is 22.0 Å². The second kappa shape index (κ2) is 3.13. The average molecular weight is 328 g/mol. The zero-order valence-electron chi connectivity index (χ0n) is 6.12. The van der Waals surface area contributed by atoms with Gasteiger partial charge < -0.3 is 10.2 Å². The van der Waals surface area contributed by atoms with Gasteiger partial charge in [0, 0.05) is 5.56 Å². The van der Waals surface area contributed by atoms with Crippen LogP contribution in [0.5, 0.6) is 0 Å². The molecule has 1 aliphatic rings. The molecule has 2 rings (SSSR count). The monoisotopic (exact) mass is 326 g/mol. The zero-order chi connectivity index (χ0) is 9.75. The molecule has 0 aliphatic heterocycles. The summed E-state index contributed by atoms with van der Waals surface area (Å²) in [6.07, 6.45) is -2.41. The van der Waals surface area contributed by atoms with Crippen LogP contribution in [0.2, 0.25) is 0 Å². The molecule has 0 bridgehead atoms. The van der Waals surface area contributed by atoms with E-state index in [0.717, 1.165) is 0 Å². The Morgan fingerprint density at radius 3 is 2.31 bits per heavy atom. The van der Waals surface area contributed by atoms with Crippen molar-refractivity contribution in [3.05, 3.63) is 18.7 Å². The smallest absolute Gasteiger partial charge is 0.196 e. The van der Waals surface area contributed by atoms with Gasteiger partial charge in [-0.3, -0.25) is 4.79 Å². The fraction of sp³-hybridized carbons (Fsp3) is 0.286. The number of carbonyl (C=O) groups excluding carboxylic acids is 1. The summed E-state index contributed by atoms with van der Waals surface area (Å²) in [4.78, 5) is 11.4. The second-order valence-corrected chi connectivity index (χ2v) is 6.35. The molecular weight excluding hydrogens is 324 g/mol. The first-order chi connectivity index (χ1) is 6.04. The van der Waals surface area contributed by atoms with Gasteiger partial charge in [-0.2, -0.15) is 0 Å². The van der Waals surface area contributed by atoms with E-state index in [4.69, 9.17) is 0 Å². The van der Waals surface area contributed by atoms with E-state index >= 15 is 0 Å². The van der Waals surface area contributed by atoms with Crippen molar-refractivity contribution in [2.75, 3.05) is 0 Å². The van der Waals surface area contributed by atoms with Crippen molar-refractivity contribution in [1.82, 2.24) is 0 Å². The van der Waals surface area contributed by atoms with Crippen LogP contribution in [0.3, 0.4) is 0 Å². The second-order valence-electron chi connectivity index (χ2n) is 2.69.